The summed E-state index contributed by atoms with van der Waals surface area (Å²) in [6.45, 7) is 6.45. The van der Waals surface area contributed by atoms with Crippen LogP contribution in [-0.4, -0.2) is 37.2 Å². The molecular formula is C69H116O6. The molecule has 6 heteroatoms. The lowest BCUT2D eigenvalue weighted by molar-refractivity contribution is -0.166. The minimum absolute atomic E-state index is 0.105. The summed E-state index contributed by atoms with van der Waals surface area (Å²) in [4.78, 5) is 38.3. The van der Waals surface area contributed by atoms with Gasteiger partial charge in [-0.15, -0.1) is 0 Å². The van der Waals surface area contributed by atoms with Gasteiger partial charge in [-0.1, -0.05) is 271 Å². The van der Waals surface area contributed by atoms with E-state index in [2.05, 4.69) is 124 Å². The fourth-order valence-corrected chi connectivity index (χ4v) is 8.57. The second-order valence-electron chi connectivity index (χ2n) is 20.6. The van der Waals surface area contributed by atoms with Crippen LogP contribution in [0.25, 0.3) is 0 Å². The van der Waals surface area contributed by atoms with Crippen molar-refractivity contribution in [2.75, 3.05) is 13.2 Å². The molecule has 0 saturated heterocycles. The van der Waals surface area contributed by atoms with Gasteiger partial charge in [0.05, 0.1) is 0 Å². The van der Waals surface area contributed by atoms with Gasteiger partial charge < -0.3 is 14.2 Å². The third kappa shape index (κ3) is 60.8. The van der Waals surface area contributed by atoms with Crippen molar-refractivity contribution in [2.24, 2.45) is 0 Å². The molecule has 0 N–H and O–H groups in total. The first-order chi connectivity index (χ1) is 37.0. The number of allylic oxidation sites excluding steroid dienone is 18. The lowest BCUT2D eigenvalue weighted by atomic mass is 10.1. The Morgan fingerprint density at radius 2 is 0.587 bits per heavy atom. The molecule has 75 heavy (non-hydrogen) atoms. The maximum atomic E-state index is 12.9. The highest BCUT2D eigenvalue weighted by molar-refractivity contribution is 5.71. The number of hydrogen-bond donors (Lipinski definition) is 0. The SMILES string of the molecule is CC/C=C\C/C=C\C/C=C\C/C=C\C/C=C\C/C=C\CCC(=O)OCC(COC(=O)CCCCCCCCC/C=C\CCCCCCCCCC)OC(=O)CCCCCCCCCCCC/C=C\C=C/CCCCC. The zero-order valence-corrected chi connectivity index (χ0v) is 49.0. The van der Waals surface area contributed by atoms with E-state index in [0.717, 1.165) is 77.0 Å². The summed E-state index contributed by atoms with van der Waals surface area (Å²) in [5.74, 6) is -0.994. The fraction of sp³-hybridized carbons (Fsp3) is 0.696. The molecule has 0 saturated carbocycles. The zero-order valence-electron chi connectivity index (χ0n) is 49.0. The highest BCUT2D eigenvalue weighted by Crippen LogP contribution is 2.15. The Bertz CT molecular complexity index is 1520. The maximum Gasteiger partial charge on any atom is 0.306 e. The van der Waals surface area contributed by atoms with Gasteiger partial charge in [0.2, 0.25) is 0 Å². The summed E-state index contributed by atoms with van der Waals surface area (Å²) in [6, 6.07) is 0. The van der Waals surface area contributed by atoms with Crippen LogP contribution in [0.2, 0.25) is 0 Å². The van der Waals surface area contributed by atoms with Gasteiger partial charge in [0.25, 0.3) is 0 Å². The second kappa shape index (κ2) is 62.6. The molecule has 0 amide bonds. The molecule has 0 radical (unpaired) electrons. The highest BCUT2D eigenvalue weighted by atomic mass is 16.6. The number of carbonyl (C=O) groups excluding carboxylic acids is 3. The molecule has 0 heterocycles. The van der Waals surface area contributed by atoms with E-state index in [4.69, 9.17) is 14.2 Å². The standard InChI is InChI=1S/C69H116O6/c1-4-7-10-13-16-19-22-25-28-31-34-37-40-43-46-49-52-55-58-61-67(70)73-64-66(75-69(72)63-60-57-54-51-48-45-42-39-36-33-30-27-24-21-18-15-12-9-6-3)65-74-68(71)62-59-56-53-50-47-44-41-38-35-32-29-26-23-20-17-14-11-8-5-2/h7,10,16,18-19,21,24-25,27-28,32,34-35,37,43,46,52,55,66H,4-6,8-9,11-15,17,20,22-23,26,29-31,33,36,38-42,44-45,47-51,53-54,56-65H2,1-3H3/b10-7-,19-16-,21-18-,27-24-,28-25-,35-32-,37-34-,46-43-,55-52-. The van der Waals surface area contributed by atoms with Crippen LogP contribution in [0.1, 0.15) is 290 Å². The maximum absolute atomic E-state index is 12.9. The molecule has 0 spiro atoms. The van der Waals surface area contributed by atoms with E-state index in [1.807, 2.05) is 6.08 Å². The minimum Gasteiger partial charge on any atom is -0.462 e. The number of carbonyl (C=O) groups is 3. The summed E-state index contributed by atoms with van der Waals surface area (Å²) >= 11 is 0. The van der Waals surface area contributed by atoms with Gasteiger partial charge in [0, 0.05) is 19.3 Å². The number of esters is 3. The van der Waals surface area contributed by atoms with Crippen molar-refractivity contribution in [2.45, 2.75) is 297 Å². The van der Waals surface area contributed by atoms with Crippen molar-refractivity contribution in [3.8, 4) is 0 Å². The summed E-state index contributed by atoms with van der Waals surface area (Å²) in [7, 11) is 0. The summed E-state index contributed by atoms with van der Waals surface area (Å²) < 4.78 is 16.9. The Morgan fingerprint density at radius 1 is 0.293 bits per heavy atom. The van der Waals surface area contributed by atoms with Crippen LogP contribution in [-0.2, 0) is 28.6 Å². The average molecular weight is 1040 g/mol. The first-order valence-electron chi connectivity index (χ1n) is 31.4. The number of hydrogen-bond acceptors (Lipinski definition) is 6. The van der Waals surface area contributed by atoms with E-state index in [0.29, 0.717) is 19.3 Å². The van der Waals surface area contributed by atoms with Crippen LogP contribution in [0.15, 0.2) is 109 Å². The predicted molar refractivity (Wildman–Crippen MR) is 325 cm³/mol. The summed E-state index contributed by atoms with van der Waals surface area (Å²) in [6.07, 6.45) is 85.2. The molecule has 0 aromatic rings. The van der Waals surface area contributed by atoms with E-state index in [1.165, 1.54) is 167 Å². The normalized spacial score (nSPS) is 12.8. The zero-order chi connectivity index (χ0) is 54.3. The van der Waals surface area contributed by atoms with Crippen molar-refractivity contribution in [1.29, 1.82) is 0 Å². The Hall–Kier alpha value is -3.93. The van der Waals surface area contributed by atoms with Crippen molar-refractivity contribution in [1.82, 2.24) is 0 Å². The van der Waals surface area contributed by atoms with Crippen molar-refractivity contribution in [3.63, 3.8) is 0 Å². The van der Waals surface area contributed by atoms with Crippen molar-refractivity contribution >= 4 is 17.9 Å². The van der Waals surface area contributed by atoms with Crippen LogP contribution in [0.4, 0.5) is 0 Å². The molecule has 0 fully saturated rings. The third-order valence-corrected chi connectivity index (χ3v) is 13.3. The van der Waals surface area contributed by atoms with E-state index < -0.39 is 6.10 Å². The van der Waals surface area contributed by atoms with E-state index in [1.54, 1.807) is 0 Å². The average Bonchev–Trinajstić information content (AvgIpc) is 3.41. The molecule has 6 nitrogen and oxygen atoms in total. The van der Waals surface area contributed by atoms with Crippen LogP contribution in [0.5, 0.6) is 0 Å². The summed E-state index contributed by atoms with van der Waals surface area (Å²) in [5.41, 5.74) is 0. The molecule has 0 rings (SSSR count). The molecular weight excluding hydrogens is 925 g/mol. The predicted octanol–water partition coefficient (Wildman–Crippen LogP) is 21.4. The largest absolute Gasteiger partial charge is 0.462 e. The smallest absolute Gasteiger partial charge is 0.306 e. The quantitative estimate of drug-likeness (QED) is 0.0199. The van der Waals surface area contributed by atoms with Crippen molar-refractivity contribution in [3.05, 3.63) is 109 Å². The fourth-order valence-electron chi connectivity index (χ4n) is 8.57. The first kappa shape index (κ1) is 71.1. The molecule has 0 aliphatic carbocycles. The second-order valence-corrected chi connectivity index (χ2v) is 20.6. The monoisotopic (exact) mass is 1040 g/mol. The topological polar surface area (TPSA) is 78.9 Å². The molecule has 0 aromatic carbocycles. The number of unbranched alkanes of at least 4 members (excludes halogenated alkanes) is 28. The Balaban J connectivity index is 4.50. The molecule has 0 bridgehead atoms. The van der Waals surface area contributed by atoms with E-state index in [-0.39, 0.29) is 37.5 Å². The Kier molecular flexibility index (Phi) is 59.3. The molecule has 0 aromatic heterocycles. The van der Waals surface area contributed by atoms with Crippen LogP contribution in [0, 0.1) is 0 Å². The molecule has 0 aliphatic heterocycles. The number of rotatable bonds is 56. The van der Waals surface area contributed by atoms with Crippen LogP contribution >= 0.6 is 0 Å². The third-order valence-electron chi connectivity index (χ3n) is 13.3. The van der Waals surface area contributed by atoms with Gasteiger partial charge in [-0.3, -0.25) is 14.4 Å². The van der Waals surface area contributed by atoms with Crippen molar-refractivity contribution < 1.29 is 28.6 Å². The Labute approximate surface area is 463 Å². The molecule has 0 aliphatic rings. The highest BCUT2D eigenvalue weighted by Gasteiger charge is 2.19. The van der Waals surface area contributed by atoms with Gasteiger partial charge in [0.15, 0.2) is 6.10 Å². The van der Waals surface area contributed by atoms with Crippen LogP contribution < -0.4 is 0 Å². The van der Waals surface area contributed by atoms with Gasteiger partial charge in [-0.25, -0.2) is 0 Å². The molecule has 428 valence electrons. The van der Waals surface area contributed by atoms with Crippen LogP contribution in [0.3, 0.4) is 0 Å². The Morgan fingerprint density at radius 3 is 1.00 bits per heavy atom. The number of ether oxygens (including phenoxy) is 3. The van der Waals surface area contributed by atoms with E-state index in [9.17, 15) is 14.4 Å². The first-order valence-corrected chi connectivity index (χ1v) is 31.4. The molecule has 1 unspecified atom stereocenters. The van der Waals surface area contributed by atoms with Gasteiger partial charge >= 0.3 is 17.9 Å². The van der Waals surface area contributed by atoms with Gasteiger partial charge in [-0.05, 0) is 109 Å². The van der Waals surface area contributed by atoms with E-state index >= 15 is 0 Å². The lowest BCUT2D eigenvalue weighted by Crippen LogP contribution is -2.30. The summed E-state index contributed by atoms with van der Waals surface area (Å²) in [5, 5.41) is 0. The van der Waals surface area contributed by atoms with Gasteiger partial charge in [0.1, 0.15) is 13.2 Å². The molecule has 1 atom stereocenters. The lowest BCUT2D eigenvalue weighted by Gasteiger charge is -2.18. The van der Waals surface area contributed by atoms with Gasteiger partial charge in [-0.2, -0.15) is 0 Å². The minimum atomic E-state index is -0.815.